The van der Waals surface area contributed by atoms with Crippen LogP contribution in [0.3, 0.4) is 0 Å². The Balaban J connectivity index is 1.62. The normalized spacial score (nSPS) is 11.6. The van der Waals surface area contributed by atoms with Crippen molar-refractivity contribution in [3.05, 3.63) is 84.1 Å². The Morgan fingerprint density at radius 1 is 1.00 bits per heavy atom. The highest BCUT2D eigenvalue weighted by Gasteiger charge is 2.24. The van der Waals surface area contributed by atoms with Crippen LogP contribution in [-0.2, 0) is 10.2 Å². The van der Waals surface area contributed by atoms with Gasteiger partial charge in [-0.1, -0.05) is 71.0 Å². The summed E-state index contributed by atoms with van der Waals surface area (Å²) in [6.07, 6.45) is 0.793. The first-order valence-corrected chi connectivity index (χ1v) is 13.4. The van der Waals surface area contributed by atoms with E-state index in [-0.39, 0.29) is 23.8 Å². The van der Waals surface area contributed by atoms with Gasteiger partial charge in [-0.2, -0.15) is 5.10 Å². The molecule has 0 bridgehead atoms. The zero-order valence-electron chi connectivity index (χ0n) is 23.7. The fourth-order valence-corrected chi connectivity index (χ4v) is 4.36. The number of rotatable bonds is 9. The number of nitrogens with zero attached hydrogens (tertiary/aromatic N) is 3. The van der Waals surface area contributed by atoms with Crippen LogP contribution in [0.1, 0.15) is 57.1 Å². The summed E-state index contributed by atoms with van der Waals surface area (Å²) in [7, 11) is 1.62. The smallest absolute Gasteiger partial charge is 0.254 e. The number of methoxy groups -OCH3 is 1. The van der Waals surface area contributed by atoms with Crippen LogP contribution in [0.2, 0.25) is 0 Å². The van der Waals surface area contributed by atoms with Crippen LogP contribution < -0.4 is 10.1 Å². The number of hydrogen-bond donors (Lipinski definition) is 1. The number of ether oxygens (including phenoxy) is 1. The van der Waals surface area contributed by atoms with E-state index in [1.165, 1.54) is 0 Å². The molecule has 0 aliphatic heterocycles. The summed E-state index contributed by atoms with van der Waals surface area (Å²) >= 11 is 0. The molecule has 39 heavy (non-hydrogen) atoms. The first-order chi connectivity index (χ1) is 18.6. The lowest BCUT2D eigenvalue weighted by molar-refractivity contribution is -0.117. The van der Waals surface area contributed by atoms with Gasteiger partial charge in [-0.3, -0.25) is 9.59 Å². The van der Waals surface area contributed by atoms with E-state index in [9.17, 15) is 9.59 Å². The van der Waals surface area contributed by atoms with E-state index in [0.717, 1.165) is 34.3 Å². The first-order valence-electron chi connectivity index (χ1n) is 13.4. The van der Waals surface area contributed by atoms with Gasteiger partial charge in [-0.15, -0.1) is 0 Å². The van der Waals surface area contributed by atoms with Crippen molar-refractivity contribution in [2.75, 3.05) is 25.5 Å². The third-order valence-electron chi connectivity index (χ3n) is 6.68. The van der Waals surface area contributed by atoms with Crippen molar-refractivity contribution in [1.82, 2.24) is 14.7 Å². The molecule has 1 aromatic heterocycles. The number of aromatic nitrogens is 2. The van der Waals surface area contributed by atoms with Gasteiger partial charge in [0.25, 0.3) is 5.91 Å². The topological polar surface area (TPSA) is 76.5 Å². The van der Waals surface area contributed by atoms with Crippen LogP contribution in [-0.4, -0.2) is 46.7 Å². The first kappa shape index (κ1) is 27.9. The molecule has 0 unspecified atom stereocenters. The molecule has 2 amide bonds. The second kappa shape index (κ2) is 11.7. The zero-order chi connectivity index (χ0) is 28.2. The Hall–Kier alpha value is -4.13. The number of carbonyl (C=O) groups excluding carboxylic acids is 2. The average Bonchev–Trinajstić information content (AvgIpc) is 3.34. The lowest BCUT2D eigenvalue weighted by Crippen LogP contribution is -2.39. The van der Waals surface area contributed by atoms with Gasteiger partial charge < -0.3 is 15.0 Å². The lowest BCUT2D eigenvalue weighted by atomic mass is 9.92. The molecule has 3 aromatic carbocycles. The molecule has 204 valence electrons. The largest absolute Gasteiger partial charge is 0.497 e. The molecule has 1 heterocycles. The summed E-state index contributed by atoms with van der Waals surface area (Å²) in [5.41, 5.74) is 2.02. The number of benzene rings is 3. The van der Waals surface area contributed by atoms with Gasteiger partial charge in [-0.25, -0.2) is 4.68 Å². The SMILES string of the molecule is COc1ccc(-n2nc(C(C)(C)C)cc2NC(=O)CN(CCC(C)C)C(=O)c2cccc3ccccc23)cc1. The molecular formula is C32H38N4O3. The number of fused-ring (bicyclic) bond motifs is 1. The monoisotopic (exact) mass is 526 g/mol. The van der Waals surface area contributed by atoms with Gasteiger partial charge in [0.1, 0.15) is 18.1 Å². The van der Waals surface area contributed by atoms with Crippen molar-refractivity contribution >= 4 is 28.4 Å². The van der Waals surface area contributed by atoms with Crippen LogP contribution in [0.4, 0.5) is 5.82 Å². The number of hydrogen-bond acceptors (Lipinski definition) is 4. The minimum atomic E-state index is -0.275. The van der Waals surface area contributed by atoms with Gasteiger partial charge in [0.15, 0.2) is 0 Å². The highest BCUT2D eigenvalue weighted by molar-refractivity contribution is 6.08. The highest BCUT2D eigenvalue weighted by atomic mass is 16.5. The highest BCUT2D eigenvalue weighted by Crippen LogP contribution is 2.27. The van der Waals surface area contributed by atoms with Crippen LogP contribution in [0.25, 0.3) is 16.5 Å². The molecule has 0 radical (unpaired) electrons. The molecule has 0 saturated carbocycles. The zero-order valence-corrected chi connectivity index (χ0v) is 23.7. The maximum Gasteiger partial charge on any atom is 0.254 e. The number of anilines is 1. The van der Waals surface area contributed by atoms with E-state index in [2.05, 4.69) is 39.9 Å². The molecule has 7 nitrogen and oxygen atoms in total. The average molecular weight is 527 g/mol. The van der Waals surface area contributed by atoms with Crippen LogP contribution in [0.15, 0.2) is 72.8 Å². The molecule has 0 fully saturated rings. The van der Waals surface area contributed by atoms with E-state index in [1.54, 1.807) is 16.7 Å². The van der Waals surface area contributed by atoms with Crippen molar-refractivity contribution in [3.8, 4) is 11.4 Å². The summed E-state index contributed by atoms with van der Waals surface area (Å²) in [4.78, 5) is 28.9. The van der Waals surface area contributed by atoms with Crippen molar-refractivity contribution in [1.29, 1.82) is 0 Å². The molecule has 0 aliphatic carbocycles. The minimum absolute atomic E-state index is 0.0621. The summed E-state index contributed by atoms with van der Waals surface area (Å²) in [5.74, 6) is 1.25. The van der Waals surface area contributed by atoms with Gasteiger partial charge in [0.2, 0.25) is 5.91 Å². The number of carbonyl (C=O) groups is 2. The summed E-state index contributed by atoms with van der Waals surface area (Å²) in [6, 6.07) is 22.9. The van der Waals surface area contributed by atoms with Crippen LogP contribution >= 0.6 is 0 Å². The van der Waals surface area contributed by atoms with E-state index >= 15 is 0 Å². The Labute approximate surface area is 230 Å². The lowest BCUT2D eigenvalue weighted by Gasteiger charge is -2.24. The third-order valence-corrected chi connectivity index (χ3v) is 6.68. The molecular weight excluding hydrogens is 488 g/mol. The van der Waals surface area contributed by atoms with E-state index in [0.29, 0.717) is 23.8 Å². The molecule has 4 rings (SSSR count). The van der Waals surface area contributed by atoms with E-state index < -0.39 is 0 Å². The van der Waals surface area contributed by atoms with Crippen molar-refractivity contribution in [2.24, 2.45) is 5.92 Å². The molecule has 0 aliphatic rings. The van der Waals surface area contributed by atoms with Gasteiger partial charge in [-0.05, 0) is 53.4 Å². The van der Waals surface area contributed by atoms with Gasteiger partial charge in [0, 0.05) is 23.6 Å². The van der Waals surface area contributed by atoms with E-state index in [4.69, 9.17) is 9.84 Å². The Kier molecular flexibility index (Phi) is 8.38. The Bertz CT molecular complexity index is 1440. The van der Waals surface area contributed by atoms with Crippen molar-refractivity contribution < 1.29 is 14.3 Å². The predicted molar refractivity (Wildman–Crippen MR) is 157 cm³/mol. The summed E-state index contributed by atoms with van der Waals surface area (Å²) in [5, 5.41) is 9.70. The second-order valence-corrected chi connectivity index (χ2v) is 11.3. The molecule has 4 aromatic rings. The molecule has 1 N–H and O–H groups in total. The number of nitrogens with one attached hydrogen (secondary N) is 1. The Morgan fingerprint density at radius 2 is 1.69 bits per heavy atom. The van der Waals surface area contributed by atoms with Crippen molar-refractivity contribution in [2.45, 2.75) is 46.5 Å². The third kappa shape index (κ3) is 6.66. The van der Waals surface area contributed by atoms with E-state index in [1.807, 2.05) is 72.8 Å². The quantitative estimate of drug-likeness (QED) is 0.272. The second-order valence-electron chi connectivity index (χ2n) is 11.3. The van der Waals surface area contributed by atoms with Crippen LogP contribution in [0.5, 0.6) is 5.75 Å². The maximum atomic E-state index is 13.8. The van der Waals surface area contributed by atoms with Gasteiger partial charge >= 0.3 is 0 Å². The maximum absolute atomic E-state index is 13.8. The fourth-order valence-electron chi connectivity index (χ4n) is 4.36. The minimum Gasteiger partial charge on any atom is -0.497 e. The molecule has 0 saturated heterocycles. The summed E-state index contributed by atoms with van der Waals surface area (Å²) < 4.78 is 7.02. The van der Waals surface area contributed by atoms with Gasteiger partial charge in [0.05, 0.1) is 18.5 Å². The summed E-state index contributed by atoms with van der Waals surface area (Å²) in [6.45, 7) is 10.9. The molecule has 0 atom stereocenters. The molecule has 7 heteroatoms. The predicted octanol–water partition coefficient (Wildman–Crippen LogP) is 6.46. The standard InChI is InChI=1S/C32H38N4O3/c1-22(2)18-19-35(31(38)27-13-9-11-23-10-7-8-12-26(23)27)21-30(37)33-29-20-28(32(3,4)5)34-36(29)24-14-16-25(39-6)17-15-24/h7-17,20,22H,18-19,21H2,1-6H3,(H,33,37). The van der Waals surface area contributed by atoms with Crippen molar-refractivity contribution in [3.63, 3.8) is 0 Å². The fraction of sp³-hybridized carbons (Fsp3) is 0.344. The Morgan fingerprint density at radius 3 is 2.36 bits per heavy atom. The number of amides is 2. The van der Waals surface area contributed by atoms with Crippen LogP contribution in [0, 0.1) is 5.92 Å². The molecule has 0 spiro atoms.